The largest absolute Gasteiger partial charge is 0.494 e. The molecule has 1 aromatic heterocycles. The Hall–Kier alpha value is -3.80. The summed E-state index contributed by atoms with van der Waals surface area (Å²) >= 11 is 0. The van der Waals surface area contributed by atoms with Gasteiger partial charge < -0.3 is 19.8 Å². The van der Waals surface area contributed by atoms with Crippen LogP contribution in [0.2, 0.25) is 0 Å². The van der Waals surface area contributed by atoms with Gasteiger partial charge in [0.15, 0.2) is 0 Å². The standard InChI is InChI=1S/C23H22N2O4/c1-3-28-18-12-10-17(11-13-18)24-23(27)21(15-19-8-6-14-29-19)25-22(26)20-9-5-4-7-16(20)2/h4-15H,3H2,1-2H3,(H,24,27)(H,25,26)/b21-15-. The van der Waals surface area contributed by atoms with Crippen molar-refractivity contribution >= 4 is 23.6 Å². The summed E-state index contributed by atoms with van der Waals surface area (Å²) in [5.41, 5.74) is 1.96. The summed E-state index contributed by atoms with van der Waals surface area (Å²) in [6.45, 7) is 4.30. The second-order valence-corrected chi connectivity index (χ2v) is 6.25. The number of amides is 2. The number of aryl methyl sites for hydroxylation is 1. The molecular weight excluding hydrogens is 368 g/mol. The van der Waals surface area contributed by atoms with Crippen LogP contribution in [0.4, 0.5) is 5.69 Å². The first-order chi connectivity index (χ1) is 14.1. The Balaban J connectivity index is 1.81. The molecule has 2 N–H and O–H groups in total. The monoisotopic (exact) mass is 390 g/mol. The van der Waals surface area contributed by atoms with Gasteiger partial charge in [-0.2, -0.15) is 0 Å². The number of carbonyl (C=O) groups is 2. The predicted molar refractivity (Wildman–Crippen MR) is 112 cm³/mol. The Labute approximate surface area is 169 Å². The van der Waals surface area contributed by atoms with E-state index >= 15 is 0 Å². The molecule has 0 aliphatic carbocycles. The molecule has 148 valence electrons. The normalized spacial score (nSPS) is 11.0. The molecule has 0 aliphatic rings. The molecular formula is C23H22N2O4. The topological polar surface area (TPSA) is 80.6 Å². The lowest BCUT2D eigenvalue weighted by molar-refractivity contribution is -0.113. The number of carbonyl (C=O) groups excluding carboxylic acids is 2. The van der Waals surface area contributed by atoms with Crippen molar-refractivity contribution in [3.05, 3.63) is 89.5 Å². The zero-order valence-electron chi connectivity index (χ0n) is 16.3. The molecule has 0 saturated carbocycles. The fourth-order valence-electron chi connectivity index (χ4n) is 2.69. The van der Waals surface area contributed by atoms with Crippen molar-refractivity contribution in [2.75, 3.05) is 11.9 Å². The molecule has 0 unspecified atom stereocenters. The Morgan fingerprint density at radius 2 is 1.79 bits per heavy atom. The summed E-state index contributed by atoms with van der Waals surface area (Å²) < 4.78 is 10.7. The van der Waals surface area contributed by atoms with Crippen LogP contribution in [0, 0.1) is 6.92 Å². The molecule has 0 fully saturated rings. The van der Waals surface area contributed by atoms with E-state index in [4.69, 9.17) is 9.15 Å². The molecule has 0 radical (unpaired) electrons. The second-order valence-electron chi connectivity index (χ2n) is 6.25. The molecule has 3 rings (SSSR count). The maximum atomic E-state index is 12.8. The Morgan fingerprint density at radius 1 is 1.03 bits per heavy atom. The molecule has 2 aromatic carbocycles. The van der Waals surface area contributed by atoms with Crippen LogP contribution >= 0.6 is 0 Å². The Morgan fingerprint density at radius 3 is 2.45 bits per heavy atom. The van der Waals surface area contributed by atoms with Gasteiger partial charge in [-0.3, -0.25) is 9.59 Å². The maximum Gasteiger partial charge on any atom is 0.272 e. The van der Waals surface area contributed by atoms with Gasteiger partial charge in [-0.25, -0.2) is 0 Å². The van der Waals surface area contributed by atoms with Gasteiger partial charge in [0, 0.05) is 17.3 Å². The quantitative estimate of drug-likeness (QED) is 0.586. The van der Waals surface area contributed by atoms with Crippen LogP contribution in [-0.4, -0.2) is 18.4 Å². The van der Waals surface area contributed by atoms with E-state index in [0.29, 0.717) is 29.4 Å². The number of rotatable bonds is 7. The number of benzene rings is 2. The van der Waals surface area contributed by atoms with Crippen LogP contribution in [0.3, 0.4) is 0 Å². The Bertz CT molecular complexity index is 1010. The van der Waals surface area contributed by atoms with Gasteiger partial charge in [-0.15, -0.1) is 0 Å². The molecule has 2 amide bonds. The summed E-state index contributed by atoms with van der Waals surface area (Å²) in [7, 11) is 0. The maximum absolute atomic E-state index is 12.8. The molecule has 1 heterocycles. The van der Waals surface area contributed by atoms with Crippen molar-refractivity contribution in [3.8, 4) is 5.75 Å². The Kier molecular flexibility index (Phi) is 6.47. The fourth-order valence-corrected chi connectivity index (χ4v) is 2.69. The first-order valence-corrected chi connectivity index (χ1v) is 9.23. The molecule has 0 bridgehead atoms. The number of hydrogen-bond acceptors (Lipinski definition) is 4. The van der Waals surface area contributed by atoms with E-state index < -0.39 is 5.91 Å². The third-order valence-electron chi connectivity index (χ3n) is 4.14. The lowest BCUT2D eigenvalue weighted by atomic mass is 10.1. The summed E-state index contributed by atoms with van der Waals surface area (Å²) in [6.07, 6.45) is 2.98. The van der Waals surface area contributed by atoms with Crippen molar-refractivity contribution < 1.29 is 18.7 Å². The summed E-state index contributed by atoms with van der Waals surface area (Å²) in [5, 5.41) is 5.47. The number of hydrogen-bond donors (Lipinski definition) is 2. The lowest BCUT2D eigenvalue weighted by Crippen LogP contribution is -2.31. The molecule has 0 spiro atoms. The zero-order valence-corrected chi connectivity index (χ0v) is 16.3. The highest BCUT2D eigenvalue weighted by atomic mass is 16.5. The predicted octanol–water partition coefficient (Wildman–Crippen LogP) is 4.40. The van der Waals surface area contributed by atoms with E-state index in [1.165, 1.54) is 12.3 Å². The molecule has 6 heteroatoms. The van der Waals surface area contributed by atoms with E-state index in [9.17, 15) is 9.59 Å². The summed E-state index contributed by atoms with van der Waals surface area (Å²) in [4.78, 5) is 25.5. The summed E-state index contributed by atoms with van der Waals surface area (Å²) in [5.74, 6) is 0.326. The van der Waals surface area contributed by atoms with Crippen molar-refractivity contribution in [2.45, 2.75) is 13.8 Å². The van der Waals surface area contributed by atoms with Gasteiger partial charge in [0.25, 0.3) is 11.8 Å². The minimum absolute atomic E-state index is 0.0714. The number of nitrogens with one attached hydrogen (secondary N) is 2. The van der Waals surface area contributed by atoms with Crippen molar-refractivity contribution in [3.63, 3.8) is 0 Å². The summed E-state index contributed by atoms with van der Waals surface area (Å²) in [6, 6.07) is 17.6. The third-order valence-corrected chi connectivity index (χ3v) is 4.14. The van der Waals surface area contributed by atoms with Crippen LogP contribution < -0.4 is 15.4 Å². The highest BCUT2D eigenvalue weighted by Gasteiger charge is 2.16. The van der Waals surface area contributed by atoms with Crippen LogP contribution in [0.15, 0.2) is 77.0 Å². The van der Waals surface area contributed by atoms with E-state index in [1.54, 1.807) is 48.5 Å². The number of furan rings is 1. The first-order valence-electron chi connectivity index (χ1n) is 9.23. The molecule has 6 nitrogen and oxygen atoms in total. The van der Waals surface area contributed by atoms with Gasteiger partial charge in [0.05, 0.1) is 12.9 Å². The van der Waals surface area contributed by atoms with Crippen molar-refractivity contribution in [1.82, 2.24) is 5.32 Å². The van der Waals surface area contributed by atoms with Crippen LogP contribution in [0.5, 0.6) is 5.75 Å². The van der Waals surface area contributed by atoms with Crippen LogP contribution in [-0.2, 0) is 4.79 Å². The lowest BCUT2D eigenvalue weighted by Gasteiger charge is -2.12. The highest BCUT2D eigenvalue weighted by molar-refractivity contribution is 6.10. The second kappa shape index (κ2) is 9.41. The first kappa shape index (κ1) is 19.9. The zero-order chi connectivity index (χ0) is 20.6. The van der Waals surface area contributed by atoms with Crippen molar-refractivity contribution in [1.29, 1.82) is 0 Å². The van der Waals surface area contributed by atoms with Gasteiger partial charge >= 0.3 is 0 Å². The van der Waals surface area contributed by atoms with Gasteiger partial charge in [0.2, 0.25) is 0 Å². The minimum Gasteiger partial charge on any atom is -0.494 e. The molecule has 29 heavy (non-hydrogen) atoms. The molecule has 3 aromatic rings. The molecule has 0 saturated heterocycles. The van der Waals surface area contributed by atoms with E-state index in [-0.39, 0.29) is 11.6 Å². The van der Waals surface area contributed by atoms with Crippen molar-refractivity contribution in [2.24, 2.45) is 0 Å². The van der Waals surface area contributed by atoms with Gasteiger partial charge in [0.1, 0.15) is 17.2 Å². The molecule has 0 atom stereocenters. The van der Waals surface area contributed by atoms with E-state index in [2.05, 4.69) is 10.6 Å². The SMILES string of the molecule is CCOc1ccc(NC(=O)/C(=C/c2ccco2)NC(=O)c2ccccc2C)cc1. The average Bonchev–Trinajstić information content (AvgIpc) is 3.22. The smallest absolute Gasteiger partial charge is 0.272 e. The van der Waals surface area contributed by atoms with E-state index in [0.717, 1.165) is 5.56 Å². The van der Waals surface area contributed by atoms with Gasteiger partial charge in [-0.1, -0.05) is 18.2 Å². The molecule has 0 aliphatic heterocycles. The average molecular weight is 390 g/mol. The fraction of sp³-hybridized carbons (Fsp3) is 0.130. The van der Waals surface area contributed by atoms with Gasteiger partial charge in [-0.05, 0) is 61.9 Å². The highest BCUT2D eigenvalue weighted by Crippen LogP contribution is 2.17. The number of anilines is 1. The number of ether oxygens (including phenoxy) is 1. The van der Waals surface area contributed by atoms with Crippen LogP contribution in [0.1, 0.15) is 28.6 Å². The third kappa shape index (κ3) is 5.35. The minimum atomic E-state index is -0.465. The van der Waals surface area contributed by atoms with Crippen LogP contribution in [0.25, 0.3) is 6.08 Å². The van der Waals surface area contributed by atoms with E-state index in [1.807, 2.05) is 26.0 Å².